The minimum Gasteiger partial charge on any atom is -0.355 e. The average molecular weight is 251 g/mol. The van der Waals surface area contributed by atoms with E-state index in [4.69, 9.17) is 0 Å². The molecule has 0 fully saturated rings. The summed E-state index contributed by atoms with van der Waals surface area (Å²) in [6.07, 6.45) is 4.90. The molecule has 1 aromatic heterocycles. The van der Waals surface area contributed by atoms with Crippen molar-refractivity contribution in [3.63, 3.8) is 0 Å². The molecule has 0 aliphatic heterocycles. The Morgan fingerprint density at radius 1 is 1.11 bits per heavy atom. The molecule has 0 aliphatic rings. The summed E-state index contributed by atoms with van der Waals surface area (Å²) in [6, 6.07) is 14.9. The zero-order valence-corrected chi connectivity index (χ0v) is 11.0. The minimum atomic E-state index is 0.900. The maximum absolute atomic E-state index is 4.36. The van der Waals surface area contributed by atoms with Crippen molar-refractivity contribution in [3.8, 4) is 5.69 Å². The van der Waals surface area contributed by atoms with Crippen LogP contribution in [0.25, 0.3) is 16.5 Å². The van der Waals surface area contributed by atoms with E-state index >= 15 is 0 Å². The van der Waals surface area contributed by atoms with Crippen molar-refractivity contribution in [1.82, 2.24) is 9.55 Å². The summed E-state index contributed by atoms with van der Waals surface area (Å²) in [7, 11) is 0. The molecule has 3 heteroatoms. The normalized spacial score (nSPS) is 10.8. The van der Waals surface area contributed by atoms with Crippen molar-refractivity contribution in [2.45, 2.75) is 13.3 Å². The van der Waals surface area contributed by atoms with Crippen LogP contribution in [0, 0.1) is 0 Å². The van der Waals surface area contributed by atoms with E-state index in [9.17, 15) is 0 Å². The third-order valence-electron chi connectivity index (χ3n) is 3.19. The first kappa shape index (κ1) is 11.8. The highest BCUT2D eigenvalue weighted by Crippen LogP contribution is 2.20. The Labute approximate surface area is 112 Å². The monoisotopic (exact) mass is 251 g/mol. The number of hydrogen-bond acceptors (Lipinski definition) is 2. The molecule has 0 bridgehead atoms. The zero-order chi connectivity index (χ0) is 13.1. The first-order valence-corrected chi connectivity index (χ1v) is 6.65. The summed E-state index contributed by atoms with van der Waals surface area (Å²) in [5, 5.41) is 5.85. The van der Waals surface area contributed by atoms with Gasteiger partial charge in [0.2, 0.25) is 5.95 Å². The van der Waals surface area contributed by atoms with E-state index in [0.29, 0.717) is 0 Å². The van der Waals surface area contributed by atoms with Crippen LogP contribution in [0.3, 0.4) is 0 Å². The van der Waals surface area contributed by atoms with Gasteiger partial charge in [0.25, 0.3) is 0 Å². The van der Waals surface area contributed by atoms with Crippen LogP contribution in [-0.2, 0) is 0 Å². The van der Waals surface area contributed by atoms with Crippen LogP contribution in [0.1, 0.15) is 13.3 Å². The first-order chi connectivity index (χ1) is 9.38. The van der Waals surface area contributed by atoms with E-state index in [2.05, 4.69) is 64.3 Å². The summed E-state index contributed by atoms with van der Waals surface area (Å²) in [5.74, 6) is 0.900. The van der Waals surface area contributed by atoms with Crippen LogP contribution in [0.2, 0.25) is 0 Å². The highest BCUT2D eigenvalue weighted by atomic mass is 15.2. The van der Waals surface area contributed by atoms with Crippen molar-refractivity contribution in [3.05, 3.63) is 54.9 Å². The van der Waals surface area contributed by atoms with Crippen LogP contribution in [0.5, 0.6) is 0 Å². The summed E-state index contributed by atoms with van der Waals surface area (Å²) in [4.78, 5) is 4.36. The standard InChI is InChI=1S/C16H17N3/c1-2-9-17-16-18-10-11-19(16)15-8-7-13-5-3-4-6-14(13)12-15/h3-8,10-12H,2,9H2,1H3,(H,17,18). The number of fused-ring (bicyclic) bond motifs is 1. The predicted octanol–water partition coefficient (Wildman–Crippen LogP) is 3.85. The maximum Gasteiger partial charge on any atom is 0.207 e. The van der Waals surface area contributed by atoms with Gasteiger partial charge in [-0.25, -0.2) is 4.98 Å². The van der Waals surface area contributed by atoms with Gasteiger partial charge in [0, 0.05) is 24.6 Å². The lowest BCUT2D eigenvalue weighted by atomic mass is 10.1. The van der Waals surface area contributed by atoms with Gasteiger partial charge in [0.15, 0.2) is 0 Å². The van der Waals surface area contributed by atoms with Gasteiger partial charge in [-0.1, -0.05) is 37.3 Å². The number of imidazole rings is 1. The molecule has 3 aromatic rings. The van der Waals surface area contributed by atoms with Crippen LogP contribution in [0.15, 0.2) is 54.9 Å². The number of anilines is 1. The van der Waals surface area contributed by atoms with Crippen LogP contribution in [-0.4, -0.2) is 16.1 Å². The smallest absolute Gasteiger partial charge is 0.207 e. The average Bonchev–Trinajstić information content (AvgIpc) is 2.93. The third kappa shape index (κ3) is 2.32. The molecular weight excluding hydrogens is 234 g/mol. The second-order valence-corrected chi connectivity index (χ2v) is 4.58. The molecule has 0 saturated carbocycles. The molecule has 3 nitrogen and oxygen atoms in total. The number of rotatable bonds is 4. The van der Waals surface area contributed by atoms with E-state index in [0.717, 1.165) is 24.6 Å². The van der Waals surface area contributed by atoms with Gasteiger partial charge >= 0.3 is 0 Å². The van der Waals surface area contributed by atoms with Crippen molar-refractivity contribution in [2.24, 2.45) is 0 Å². The van der Waals surface area contributed by atoms with Gasteiger partial charge in [-0.2, -0.15) is 0 Å². The molecule has 19 heavy (non-hydrogen) atoms. The number of benzene rings is 2. The highest BCUT2D eigenvalue weighted by molar-refractivity contribution is 5.84. The van der Waals surface area contributed by atoms with E-state index in [1.165, 1.54) is 10.8 Å². The highest BCUT2D eigenvalue weighted by Gasteiger charge is 2.04. The van der Waals surface area contributed by atoms with E-state index in [-0.39, 0.29) is 0 Å². The molecule has 3 rings (SSSR count). The molecule has 1 heterocycles. The van der Waals surface area contributed by atoms with Gasteiger partial charge in [-0.15, -0.1) is 0 Å². The molecule has 1 N–H and O–H groups in total. The third-order valence-corrected chi connectivity index (χ3v) is 3.19. The quantitative estimate of drug-likeness (QED) is 0.763. The van der Waals surface area contributed by atoms with E-state index < -0.39 is 0 Å². The van der Waals surface area contributed by atoms with Crippen LogP contribution in [0.4, 0.5) is 5.95 Å². The second kappa shape index (κ2) is 5.14. The lowest BCUT2D eigenvalue weighted by Crippen LogP contribution is -2.06. The van der Waals surface area contributed by atoms with Crippen molar-refractivity contribution in [1.29, 1.82) is 0 Å². The first-order valence-electron chi connectivity index (χ1n) is 6.65. The Balaban J connectivity index is 2.01. The minimum absolute atomic E-state index is 0.900. The summed E-state index contributed by atoms with van der Waals surface area (Å²) in [5.41, 5.74) is 1.13. The fraction of sp³-hybridized carbons (Fsp3) is 0.188. The summed E-state index contributed by atoms with van der Waals surface area (Å²) < 4.78 is 2.09. The van der Waals surface area contributed by atoms with Gasteiger partial charge < -0.3 is 5.32 Å². The van der Waals surface area contributed by atoms with Crippen LogP contribution < -0.4 is 5.32 Å². The molecule has 0 saturated heterocycles. The fourth-order valence-corrected chi connectivity index (χ4v) is 2.21. The van der Waals surface area contributed by atoms with E-state index in [1.54, 1.807) is 0 Å². The topological polar surface area (TPSA) is 29.9 Å². The predicted molar refractivity (Wildman–Crippen MR) is 79.9 cm³/mol. The lowest BCUT2D eigenvalue weighted by molar-refractivity contribution is 0.937. The summed E-state index contributed by atoms with van der Waals surface area (Å²) in [6.45, 7) is 3.08. The second-order valence-electron chi connectivity index (χ2n) is 4.58. The van der Waals surface area contributed by atoms with Gasteiger partial charge in [0.1, 0.15) is 0 Å². The fourth-order valence-electron chi connectivity index (χ4n) is 2.21. The molecule has 0 aliphatic carbocycles. The molecule has 0 unspecified atom stereocenters. The van der Waals surface area contributed by atoms with Gasteiger partial charge in [-0.05, 0) is 29.3 Å². The van der Waals surface area contributed by atoms with Gasteiger partial charge in [-0.3, -0.25) is 4.57 Å². The molecule has 0 radical (unpaired) electrons. The zero-order valence-electron chi connectivity index (χ0n) is 11.0. The Bertz CT molecular complexity index is 685. The Morgan fingerprint density at radius 2 is 1.95 bits per heavy atom. The largest absolute Gasteiger partial charge is 0.355 e. The Morgan fingerprint density at radius 3 is 2.79 bits per heavy atom. The number of aromatic nitrogens is 2. The molecule has 2 aromatic carbocycles. The molecule has 0 spiro atoms. The number of nitrogens with one attached hydrogen (secondary N) is 1. The number of nitrogens with zero attached hydrogens (tertiary/aromatic N) is 2. The Kier molecular flexibility index (Phi) is 3.19. The molecule has 0 atom stereocenters. The maximum atomic E-state index is 4.36. The van der Waals surface area contributed by atoms with Crippen molar-refractivity contribution >= 4 is 16.7 Å². The van der Waals surface area contributed by atoms with E-state index in [1.807, 2.05) is 12.4 Å². The lowest BCUT2D eigenvalue weighted by Gasteiger charge is -2.10. The Hall–Kier alpha value is -2.29. The van der Waals surface area contributed by atoms with Crippen molar-refractivity contribution < 1.29 is 0 Å². The molecule has 0 amide bonds. The summed E-state index contributed by atoms with van der Waals surface area (Å²) >= 11 is 0. The SMILES string of the molecule is CCCNc1nccn1-c1ccc2ccccc2c1. The van der Waals surface area contributed by atoms with Gasteiger partial charge in [0.05, 0.1) is 0 Å². The van der Waals surface area contributed by atoms with Crippen molar-refractivity contribution in [2.75, 3.05) is 11.9 Å². The number of hydrogen-bond donors (Lipinski definition) is 1. The van der Waals surface area contributed by atoms with Crippen LogP contribution >= 0.6 is 0 Å². The molecule has 96 valence electrons. The molecular formula is C16H17N3.